The molecule has 1 aliphatic heterocycles. The van der Waals surface area contributed by atoms with E-state index in [0.717, 1.165) is 0 Å². The molecule has 0 bridgehead atoms. The fourth-order valence-electron chi connectivity index (χ4n) is 1.86. The highest BCUT2D eigenvalue weighted by Gasteiger charge is 2.34. The maximum Gasteiger partial charge on any atom is 0.333 e. The molecule has 1 fully saturated rings. The second-order valence-corrected chi connectivity index (χ2v) is 4.77. The number of hydrogen-bond acceptors (Lipinski definition) is 4. The van der Waals surface area contributed by atoms with Crippen LogP contribution in [-0.4, -0.2) is 36.2 Å². The molecule has 98 valence electrons. The third-order valence-corrected chi connectivity index (χ3v) is 3.21. The normalized spacial score (nSPS) is 22.9. The molecule has 1 amide bonds. The summed E-state index contributed by atoms with van der Waals surface area (Å²) < 4.78 is 10.7. The number of amides is 1. The van der Waals surface area contributed by atoms with Gasteiger partial charge in [-0.3, -0.25) is 4.79 Å². The predicted molar refractivity (Wildman–Crippen MR) is 64.2 cm³/mol. The Balaban J connectivity index is 1.88. The molecule has 2 N–H and O–H groups in total. The highest BCUT2D eigenvalue weighted by molar-refractivity contribution is 9.10. The molecule has 0 saturated carbocycles. The average Bonchev–Trinajstić information content (AvgIpc) is 2.94. The third-order valence-electron chi connectivity index (χ3n) is 2.78. The number of ether oxygens (including phenoxy) is 1. The van der Waals surface area contributed by atoms with Gasteiger partial charge in [-0.05, 0) is 34.5 Å². The van der Waals surface area contributed by atoms with Crippen molar-refractivity contribution in [2.75, 3.05) is 13.2 Å². The second kappa shape index (κ2) is 5.53. The van der Waals surface area contributed by atoms with Crippen LogP contribution in [0.25, 0.3) is 0 Å². The van der Waals surface area contributed by atoms with Crippen molar-refractivity contribution in [2.45, 2.75) is 12.5 Å². The lowest BCUT2D eigenvalue weighted by atomic mass is 10.0. The van der Waals surface area contributed by atoms with Gasteiger partial charge in [0.1, 0.15) is 0 Å². The minimum absolute atomic E-state index is 0.188. The Hall–Kier alpha value is -1.34. The van der Waals surface area contributed by atoms with Crippen LogP contribution in [0.15, 0.2) is 21.2 Å². The summed E-state index contributed by atoms with van der Waals surface area (Å²) in [5.74, 6) is -1.37. The molecule has 1 saturated heterocycles. The molecule has 2 heterocycles. The lowest BCUT2D eigenvalue weighted by Crippen LogP contribution is -2.36. The molecule has 1 aromatic rings. The van der Waals surface area contributed by atoms with Crippen LogP contribution in [0.1, 0.15) is 17.0 Å². The molecule has 2 atom stereocenters. The van der Waals surface area contributed by atoms with E-state index in [1.165, 1.54) is 0 Å². The summed E-state index contributed by atoms with van der Waals surface area (Å²) in [5, 5.41) is 11.5. The molecule has 6 nitrogen and oxygen atoms in total. The number of rotatable bonds is 4. The van der Waals surface area contributed by atoms with Gasteiger partial charge in [0.15, 0.2) is 16.5 Å². The first kappa shape index (κ1) is 13.1. The molecule has 2 rings (SSSR count). The number of carboxylic acid groups (broad SMARTS) is 1. The van der Waals surface area contributed by atoms with Gasteiger partial charge in [-0.25, -0.2) is 4.79 Å². The maximum atomic E-state index is 11.7. The van der Waals surface area contributed by atoms with Gasteiger partial charge in [-0.1, -0.05) is 0 Å². The van der Waals surface area contributed by atoms with Crippen molar-refractivity contribution < 1.29 is 23.8 Å². The zero-order chi connectivity index (χ0) is 13.1. The fraction of sp³-hybridized carbons (Fsp3) is 0.455. The molecular weight excluding hydrogens is 306 g/mol. The molecule has 7 heteroatoms. The monoisotopic (exact) mass is 317 g/mol. The van der Waals surface area contributed by atoms with Crippen molar-refractivity contribution in [3.8, 4) is 0 Å². The van der Waals surface area contributed by atoms with E-state index in [0.29, 0.717) is 17.7 Å². The Morgan fingerprint density at radius 3 is 2.89 bits per heavy atom. The molecule has 0 aliphatic carbocycles. The number of halogens is 1. The van der Waals surface area contributed by atoms with E-state index < -0.39 is 12.1 Å². The number of hydrogen-bond donors (Lipinski definition) is 2. The molecule has 1 aliphatic rings. The van der Waals surface area contributed by atoms with Crippen LogP contribution in [0.4, 0.5) is 0 Å². The number of carboxylic acids is 1. The summed E-state index contributed by atoms with van der Waals surface area (Å²) in [7, 11) is 0. The third kappa shape index (κ3) is 2.91. The molecular formula is C11H12BrNO5. The largest absolute Gasteiger partial charge is 0.479 e. The van der Waals surface area contributed by atoms with Crippen LogP contribution < -0.4 is 5.32 Å². The zero-order valence-corrected chi connectivity index (χ0v) is 11.0. The predicted octanol–water partition coefficient (Wildman–Crippen LogP) is 1.26. The Kier molecular flexibility index (Phi) is 4.03. The molecule has 0 radical (unpaired) electrons. The highest BCUT2D eigenvalue weighted by atomic mass is 79.9. The summed E-state index contributed by atoms with van der Waals surface area (Å²) in [6, 6.07) is 3.16. The summed E-state index contributed by atoms with van der Waals surface area (Å²) in [5.41, 5.74) is 0. The lowest BCUT2D eigenvalue weighted by molar-refractivity contribution is -0.149. The van der Waals surface area contributed by atoms with Crippen LogP contribution in [0.3, 0.4) is 0 Å². The minimum atomic E-state index is -0.993. The van der Waals surface area contributed by atoms with Crippen molar-refractivity contribution in [3.05, 3.63) is 22.6 Å². The van der Waals surface area contributed by atoms with E-state index in [2.05, 4.69) is 21.2 Å². The van der Waals surface area contributed by atoms with E-state index in [-0.39, 0.29) is 24.1 Å². The Bertz CT molecular complexity index is 458. The van der Waals surface area contributed by atoms with Crippen LogP contribution in [0, 0.1) is 5.92 Å². The standard InChI is InChI=1S/C11H12BrNO5/c12-8-2-1-7(18-8)10(14)13-5-6-3-4-17-9(6)11(15)16/h1-2,6,9H,3-5H2,(H,13,14)(H,15,16)/t6-,9-/m1/s1. The topological polar surface area (TPSA) is 88.8 Å². The molecule has 0 spiro atoms. The summed E-state index contributed by atoms with van der Waals surface area (Å²) in [4.78, 5) is 22.5. The van der Waals surface area contributed by atoms with E-state index in [4.69, 9.17) is 14.3 Å². The van der Waals surface area contributed by atoms with Gasteiger partial charge in [0, 0.05) is 19.1 Å². The quantitative estimate of drug-likeness (QED) is 0.872. The SMILES string of the molecule is O=C(NC[C@H]1CCO[C@H]1C(=O)O)c1ccc(Br)o1. The lowest BCUT2D eigenvalue weighted by Gasteiger charge is -2.14. The van der Waals surface area contributed by atoms with Crippen molar-refractivity contribution >= 4 is 27.8 Å². The van der Waals surface area contributed by atoms with Gasteiger partial charge in [0.05, 0.1) is 0 Å². The molecule has 1 aromatic heterocycles. The summed E-state index contributed by atoms with van der Waals surface area (Å²) >= 11 is 3.10. The van der Waals surface area contributed by atoms with Gasteiger partial charge in [0.2, 0.25) is 0 Å². The number of aliphatic carboxylic acids is 1. The Morgan fingerprint density at radius 2 is 2.28 bits per heavy atom. The van der Waals surface area contributed by atoms with E-state index in [9.17, 15) is 9.59 Å². The van der Waals surface area contributed by atoms with Crippen molar-refractivity contribution in [1.82, 2.24) is 5.32 Å². The van der Waals surface area contributed by atoms with Gasteiger partial charge in [0.25, 0.3) is 5.91 Å². The highest BCUT2D eigenvalue weighted by Crippen LogP contribution is 2.20. The van der Waals surface area contributed by atoms with E-state index in [1.807, 2.05) is 0 Å². The van der Waals surface area contributed by atoms with Gasteiger partial charge in [-0.2, -0.15) is 0 Å². The minimum Gasteiger partial charge on any atom is -0.479 e. The number of carbonyl (C=O) groups excluding carboxylic acids is 1. The average molecular weight is 318 g/mol. The van der Waals surface area contributed by atoms with Crippen LogP contribution >= 0.6 is 15.9 Å². The smallest absolute Gasteiger partial charge is 0.333 e. The molecule has 0 unspecified atom stereocenters. The Labute approximate surface area is 111 Å². The van der Waals surface area contributed by atoms with Gasteiger partial charge >= 0.3 is 5.97 Å². The Morgan fingerprint density at radius 1 is 1.50 bits per heavy atom. The first-order valence-corrected chi connectivity index (χ1v) is 6.25. The van der Waals surface area contributed by atoms with Crippen molar-refractivity contribution in [3.63, 3.8) is 0 Å². The van der Waals surface area contributed by atoms with Crippen molar-refractivity contribution in [2.24, 2.45) is 5.92 Å². The van der Waals surface area contributed by atoms with E-state index >= 15 is 0 Å². The van der Waals surface area contributed by atoms with Crippen molar-refractivity contribution in [1.29, 1.82) is 0 Å². The molecule has 18 heavy (non-hydrogen) atoms. The van der Waals surface area contributed by atoms with Gasteiger partial charge in [-0.15, -0.1) is 0 Å². The van der Waals surface area contributed by atoms with Crippen LogP contribution in [-0.2, 0) is 9.53 Å². The van der Waals surface area contributed by atoms with Crippen LogP contribution in [0.5, 0.6) is 0 Å². The summed E-state index contributed by atoms with van der Waals surface area (Å²) in [6.07, 6.45) is -0.215. The van der Waals surface area contributed by atoms with E-state index in [1.54, 1.807) is 12.1 Å². The molecule has 0 aromatic carbocycles. The zero-order valence-electron chi connectivity index (χ0n) is 9.39. The number of carbonyl (C=O) groups is 2. The fourth-order valence-corrected chi connectivity index (χ4v) is 2.17. The first-order chi connectivity index (χ1) is 8.58. The second-order valence-electron chi connectivity index (χ2n) is 3.99. The number of furan rings is 1. The summed E-state index contributed by atoms with van der Waals surface area (Å²) in [6.45, 7) is 0.665. The first-order valence-electron chi connectivity index (χ1n) is 5.46. The van der Waals surface area contributed by atoms with Crippen LogP contribution in [0.2, 0.25) is 0 Å². The van der Waals surface area contributed by atoms with Gasteiger partial charge < -0.3 is 19.6 Å². The maximum absolute atomic E-state index is 11.7. The number of nitrogens with one attached hydrogen (secondary N) is 1.